The van der Waals surface area contributed by atoms with Crippen LogP contribution >= 0.6 is 0 Å². The number of benzene rings is 1. The lowest BCUT2D eigenvalue weighted by atomic mass is 10.1. The average Bonchev–Trinajstić information content (AvgIpc) is 2.28. The summed E-state index contributed by atoms with van der Waals surface area (Å²) in [6.07, 6.45) is 0.746. The lowest BCUT2D eigenvalue weighted by Crippen LogP contribution is -2.06. The predicted molar refractivity (Wildman–Crippen MR) is 62.5 cm³/mol. The van der Waals surface area contributed by atoms with Crippen molar-refractivity contribution < 1.29 is 19.1 Å². The second-order valence-electron chi connectivity index (χ2n) is 3.45. The van der Waals surface area contributed by atoms with Crippen LogP contribution < -0.4 is 4.74 Å². The van der Waals surface area contributed by atoms with Gasteiger partial charge in [-0.2, -0.15) is 0 Å². The van der Waals surface area contributed by atoms with E-state index < -0.39 is 5.97 Å². The highest BCUT2D eigenvalue weighted by Crippen LogP contribution is 2.20. The van der Waals surface area contributed by atoms with Crippen LogP contribution in [0.4, 0.5) is 0 Å². The lowest BCUT2D eigenvalue weighted by Gasteiger charge is -2.12. The summed E-state index contributed by atoms with van der Waals surface area (Å²) in [4.78, 5) is 21.7. The topological polar surface area (TPSA) is 52.6 Å². The van der Waals surface area contributed by atoms with Crippen LogP contribution in [0.15, 0.2) is 36.9 Å². The first-order valence-corrected chi connectivity index (χ1v) is 5.14. The summed E-state index contributed by atoms with van der Waals surface area (Å²) in [6.45, 7) is 6.41. The molecule has 0 bridgehead atoms. The summed E-state index contributed by atoms with van der Waals surface area (Å²) in [6, 6.07) is 6.77. The molecule has 4 nitrogen and oxygen atoms in total. The molecule has 0 saturated heterocycles. The summed E-state index contributed by atoms with van der Waals surface area (Å²) in [5, 5.41) is 0. The molecule has 0 heterocycles. The Labute approximate surface area is 99.8 Å². The zero-order valence-corrected chi connectivity index (χ0v) is 9.80. The first kappa shape index (κ1) is 13.0. The molecule has 1 unspecified atom stereocenters. The average molecular weight is 234 g/mol. The van der Waals surface area contributed by atoms with Crippen molar-refractivity contribution in [3.63, 3.8) is 0 Å². The van der Waals surface area contributed by atoms with E-state index in [9.17, 15) is 9.59 Å². The van der Waals surface area contributed by atoms with Crippen molar-refractivity contribution in [1.29, 1.82) is 0 Å². The molecule has 4 heteroatoms. The van der Waals surface area contributed by atoms with Crippen LogP contribution in [0.1, 0.15) is 25.5 Å². The molecule has 0 aliphatic rings. The van der Waals surface area contributed by atoms with Gasteiger partial charge in [-0.15, -0.1) is 0 Å². The van der Waals surface area contributed by atoms with Crippen LogP contribution in [-0.4, -0.2) is 11.9 Å². The van der Waals surface area contributed by atoms with Crippen LogP contribution in [0, 0.1) is 0 Å². The van der Waals surface area contributed by atoms with Crippen molar-refractivity contribution in [2.75, 3.05) is 0 Å². The molecule has 0 aliphatic carbocycles. The summed E-state index contributed by atoms with van der Waals surface area (Å²) >= 11 is 0. The zero-order chi connectivity index (χ0) is 12.8. The standard InChI is InChI=1S/C13H14O4/c1-4-13(15)16-9(2)11-5-7-12(8-6-11)17-10(3)14/h4-9H,1H2,2-3H3. The number of esters is 2. The van der Waals surface area contributed by atoms with Crippen LogP contribution in [-0.2, 0) is 14.3 Å². The highest BCUT2D eigenvalue weighted by Gasteiger charge is 2.09. The molecule has 17 heavy (non-hydrogen) atoms. The number of hydrogen-bond donors (Lipinski definition) is 0. The Balaban J connectivity index is 2.69. The molecule has 0 fully saturated rings. The third-order valence-corrected chi connectivity index (χ3v) is 2.07. The maximum atomic E-state index is 11.0. The summed E-state index contributed by atoms with van der Waals surface area (Å²) < 4.78 is 9.93. The van der Waals surface area contributed by atoms with Gasteiger partial charge in [0.25, 0.3) is 0 Å². The van der Waals surface area contributed by atoms with Gasteiger partial charge in [0.15, 0.2) is 0 Å². The molecule has 0 spiro atoms. The SMILES string of the molecule is C=CC(=O)OC(C)c1ccc(OC(C)=O)cc1. The van der Waals surface area contributed by atoms with E-state index in [2.05, 4.69) is 6.58 Å². The van der Waals surface area contributed by atoms with Gasteiger partial charge in [-0.05, 0) is 24.6 Å². The van der Waals surface area contributed by atoms with Crippen molar-refractivity contribution in [3.05, 3.63) is 42.5 Å². The van der Waals surface area contributed by atoms with Gasteiger partial charge < -0.3 is 9.47 Å². The predicted octanol–water partition coefficient (Wildman–Crippen LogP) is 2.40. The van der Waals surface area contributed by atoms with Crippen molar-refractivity contribution in [3.8, 4) is 5.75 Å². The van der Waals surface area contributed by atoms with Crippen LogP contribution in [0.25, 0.3) is 0 Å². The smallest absolute Gasteiger partial charge is 0.330 e. The van der Waals surface area contributed by atoms with Gasteiger partial charge in [0.05, 0.1) is 0 Å². The second-order valence-corrected chi connectivity index (χ2v) is 3.45. The monoisotopic (exact) mass is 234 g/mol. The normalized spacial score (nSPS) is 11.4. The third-order valence-electron chi connectivity index (χ3n) is 2.07. The molecular weight excluding hydrogens is 220 g/mol. The first-order valence-electron chi connectivity index (χ1n) is 5.14. The Morgan fingerprint density at radius 1 is 1.29 bits per heavy atom. The fourth-order valence-electron chi connectivity index (χ4n) is 1.26. The first-order chi connectivity index (χ1) is 8.02. The fraction of sp³-hybridized carbons (Fsp3) is 0.231. The highest BCUT2D eigenvalue weighted by atomic mass is 16.5. The Bertz CT molecular complexity index is 420. The third kappa shape index (κ3) is 4.10. The van der Waals surface area contributed by atoms with E-state index in [1.54, 1.807) is 31.2 Å². The van der Waals surface area contributed by atoms with Gasteiger partial charge >= 0.3 is 11.9 Å². The molecule has 0 aromatic heterocycles. The van der Waals surface area contributed by atoms with Gasteiger partial charge in [-0.25, -0.2) is 4.79 Å². The van der Waals surface area contributed by atoms with Gasteiger partial charge in [0, 0.05) is 13.0 Å². The van der Waals surface area contributed by atoms with Crippen LogP contribution in [0.5, 0.6) is 5.75 Å². The number of carbonyl (C=O) groups is 2. The molecule has 0 aliphatic heterocycles. The Morgan fingerprint density at radius 2 is 1.88 bits per heavy atom. The molecule has 1 aromatic carbocycles. The van der Waals surface area contributed by atoms with Gasteiger partial charge in [0.2, 0.25) is 0 Å². The fourth-order valence-corrected chi connectivity index (χ4v) is 1.26. The lowest BCUT2D eigenvalue weighted by molar-refractivity contribution is -0.142. The minimum atomic E-state index is -0.471. The van der Waals surface area contributed by atoms with E-state index in [1.165, 1.54) is 6.92 Å². The molecular formula is C13H14O4. The molecule has 0 amide bonds. The van der Waals surface area contributed by atoms with Gasteiger partial charge in [0.1, 0.15) is 11.9 Å². The minimum absolute atomic E-state index is 0.369. The molecule has 1 atom stereocenters. The highest BCUT2D eigenvalue weighted by molar-refractivity contribution is 5.81. The number of carbonyl (C=O) groups excluding carboxylic acids is 2. The van der Waals surface area contributed by atoms with E-state index in [0.717, 1.165) is 11.6 Å². The van der Waals surface area contributed by atoms with Crippen LogP contribution in [0.2, 0.25) is 0 Å². The molecule has 90 valence electrons. The Morgan fingerprint density at radius 3 is 2.35 bits per heavy atom. The van der Waals surface area contributed by atoms with E-state index in [4.69, 9.17) is 9.47 Å². The number of rotatable bonds is 4. The Kier molecular flexibility index (Phi) is 4.46. The van der Waals surface area contributed by atoms with Gasteiger partial charge in [-0.1, -0.05) is 18.7 Å². The van der Waals surface area contributed by atoms with Crippen molar-refractivity contribution in [1.82, 2.24) is 0 Å². The summed E-state index contributed by atoms with van der Waals surface area (Å²) in [7, 11) is 0. The van der Waals surface area contributed by atoms with E-state index >= 15 is 0 Å². The minimum Gasteiger partial charge on any atom is -0.455 e. The molecule has 0 saturated carbocycles. The van der Waals surface area contributed by atoms with E-state index in [1.807, 2.05) is 0 Å². The van der Waals surface area contributed by atoms with Crippen LogP contribution in [0.3, 0.4) is 0 Å². The van der Waals surface area contributed by atoms with Crippen molar-refractivity contribution >= 4 is 11.9 Å². The number of ether oxygens (including phenoxy) is 2. The van der Waals surface area contributed by atoms with Crippen molar-refractivity contribution in [2.45, 2.75) is 20.0 Å². The summed E-state index contributed by atoms with van der Waals surface area (Å²) in [5.74, 6) is -0.381. The molecule has 0 radical (unpaired) electrons. The molecule has 1 aromatic rings. The van der Waals surface area contributed by atoms with E-state index in [-0.39, 0.29) is 12.1 Å². The maximum Gasteiger partial charge on any atom is 0.330 e. The second kappa shape index (κ2) is 5.84. The zero-order valence-electron chi connectivity index (χ0n) is 9.80. The number of hydrogen-bond acceptors (Lipinski definition) is 4. The Hall–Kier alpha value is -2.10. The maximum absolute atomic E-state index is 11.0. The molecule has 0 N–H and O–H groups in total. The molecule has 1 rings (SSSR count). The summed E-state index contributed by atoms with van der Waals surface area (Å²) in [5.41, 5.74) is 0.816. The van der Waals surface area contributed by atoms with Gasteiger partial charge in [-0.3, -0.25) is 4.79 Å². The quantitative estimate of drug-likeness (QED) is 0.456. The largest absolute Gasteiger partial charge is 0.455 e. The van der Waals surface area contributed by atoms with Crippen molar-refractivity contribution in [2.24, 2.45) is 0 Å². The van der Waals surface area contributed by atoms with E-state index in [0.29, 0.717) is 5.75 Å².